The molecule has 52 valence electrons. The highest BCUT2D eigenvalue weighted by atomic mass is 13.7. The molecule has 0 bridgehead atoms. The molecule has 0 aliphatic heterocycles. The molecule has 0 amide bonds. The highest BCUT2D eigenvalue weighted by molar-refractivity contribution is 5.11. The zero-order chi connectivity index (χ0) is 7.66. The van der Waals surface area contributed by atoms with Gasteiger partial charge >= 0.3 is 0 Å². The summed E-state index contributed by atoms with van der Waals surface area (Å²) in [5.74, 6) is 11.6. The quantitative estimate of drug-likeness (QED) is 0.480. The van der Waals surface area contributed by atoms with Crippen LogP contribution in [0.5, 0.6) is 0 Å². The van der Waals surface area contributed by atoms with Crippen molar-refractivity contribution in [2.45, 2.75) is 25.7 Å². The molecule has 0 nitrogen and oxygen atoms in total. The monoisotopic (exact) mass is 132 g/mol. The maximum atomic E-state index is 3.67. The maximum absolute atomic E-state index is 3.67. The van der Waals surface area contributed by atoms with Crippen molar-refractivity contribution in [1.82, 2.24) is 0 Å². The van der Waals surface area contributed by atoms with Crippen molar-refractivity contribution in [2.24, 2.45) is 0 Å². The Labute approximate surface area is 64.0 Å². The molecule has 0 fully saturated rings. The normalized spacial score (nSPS) is 7.00. The Bertz CT molecular complexity index is 168. The Kier molecular flexibility index (Phi) is 7.41. The van der Waals surface area contributed by atoms with E-state index in [0.29, 0.717) is 12.8 Å². The van der Waals surface area contributed by atoms with Crippen molar-refractivity contribution in [1.29, 1.82) is 0 Å². The van der Waals surface area contributed by atoms with Gasteiger partial charge in [0.05, 0.1) is 6.42 Å². The van der Waals surface area contributed by atoms with E-state index in [1.54, 1.807) is 0 Å². The van der Waals surface area contributed by atoms with Crippen LogP contribution in [-0.4, -0.2) is 0 Å². The summed E-state index contributed by atoms with van der Waals surface area (Å²) in [5, 5.41) is 0. The lowest BCUT2D eigenvalue weighted by atomic mass is 10.3. The van der Waals surface area contributed by atoms with Gasteiger partial charge in [-0.15, -0.1) is 11.8 Å². The first-order valence-corrected chi connectivity index (χ1v) is 3.41. The molecule has 0 aliphatic rings. The molecule has 0 saturated carbocycles. The van der Waals surface area contributed by atoms with Gasteiger partial charge in [0.15, 0.2) is 0 Å². The van der Waals surface area contributed by atoms with Crippen LogP contribution >= 0.6 is 0 Å². The Hall–Kier alpha value is -0.880. The number of hydrogen-bond acceptors (Lipinski definition) is 0. The lowest BCUT2D eigenvalue weighted by Gasteiger charge is -1.75. The van der Waals surface area contributed by atoms with Crippen LogP contribution in [0.25, 0.3) is 0 Å². The van der Waals surface area contributed by atoms with Crippen LogP contribution in [0.3, 0.4) is 0 Å². The molecule has 2 radical (unpaired) electrons. The molecule has 0 saturated heterocycles. The fourth-order valence-corrected chi connectivity index (χ4v) is 0.434. The van der Waals surface area contributed by atoms with Crippen molar-refractivity contribution < 1.29 is 0 Å². The van der Waals surface area contributed by atoms with Gasteiger partial charge in [0, 0.05) is 12.8 Å². The molecule has 10 heavy (non-hydrogen) atoms. The van der Waals surface area contributed by atoms with Crippen LogP contribution in [0.1, 0.15) is 25.7 Å². The standard InChI is InChI=1S/C10H12/c1-3-5-7-9-10-8-6-4-2/h1-5,10H2. The van der Waals surface area contributed by atoms with E-state index >= 15 is 0 Å². The summed E-state index contributed by atoms with van der Waals surface area (Å²) in [5.41, 5.74) is 0. The molecule has 0 aliphatic carbocycles. The van der Waals surface area contributed by atoms with Gasteiger partial charge in [0.1, 0.15) is 0 Å². The van der Waals surface area contributed by atoms with Crippen molar-refractivity contribution in [2.75, 3.05) is 0 Å². The van der Waals surface area contributed by atoms with Crippen LogP contribution in [0.2, 0.25) is 0 Å². The van der Waals surface area contributed by atoms with E-state index in [1.807, 2.05) is 0 Å². The highest BCUT2D eigenvalue weighted by Gasteiger charge is 1.68. The van der Waals surface area contributed by atoms with Crippen LogP contribution in [0.4, 0.5) is 0 Å². The van der Waals surface area contributed by atoms with Gasteiger partial charge < -0.3 is 0 Å². The van der Waals surface area contributed by atoms with Crippen molar-refractivity contribution in [3.8, 4) is 23.7 Å². The van der Waals surface area contributed by atoms with Crippen LogP contribution in [0.15, 0.2) is 0 Å². The minimum atomic E-state index is 0.676. The summed E-state index contributed by atoms with van der Waals surface area (Å²) in [7, 11) is 0. The molecule has 0 N–H and O–H groups in total. The van der Waals surface area contributed by atoms with E-state index in [2.05, 4.69) is 37.5 Å². The average Bonchev–Trinajstić information content (AvgIpc) is 1.97. The summed E-state index contributed by atoms with van der Waals surface area (Å²) in [6.07, 6.45) is 3.12. The Morgan fingerprint density at radius 2 is 1.60 bits per heavy atom. The zero-order valence-electron chi connectivity index (χ0n) is 6.24. The Balaban J connectivity index is 3.28. The third kappa shape index (κ3) is 7.12. The third-order valence-corrected chi connectivity index (χ3v) is 0.854. The minimum Gasteiger partial charge on any atom is -0.102 e. The largest absolute Gasteiger partial charge is 0.102 e. The highest BCUT2D eigenvalue weighted by Crippen LogP contribution is 1.81. The van der Waals surface area contributed by atoms with Gasteiger partial charge in [-0.05, 0) is 13.3 Å². The van der Waals surface area contributed by atoms with Gasteiger partial charge in [-0.2, -0.15) is 0 Å². The smallest absolute Gasteiger partial charge is 0.0702 e. The topological polar surface area (TPSA) is 0 Å². The second-order valence-electron chi connectivity index (χ2n) is 1.74. The van der Waals surface area contributed by atoms with Crippen molar-refractivity contribution >= 4 is 0 Å². The van der Waals surface area contributed by atoms with Gasteiger partial charge in [-0.25, -0.2) is 0 Å². The zero-order valence-corrected chi connectivity index (χ0v) is 6.24. The van der Waals surface area contributed by atoms with E-state index in [9.17, 15) is 0 Å². The number of hydrogen-bond donors (Lipinski definition) is 0. The molecule has 0 aromatic rings. The minimum absolute atomic E-state index is 0.676. The molecule has 0 atom stereocenters. The summed E-state index contributed by atoms with van der Waals surface area (Å²) in [6, 6.07) is 0. The predicted octanol–water partition coefficient (Wildman–Crippen LogP) is 2.22. The molecule has 0 aromatic carbocycles. The lowest BCUT2D eigenvalue weighted by Crippen LogP contribution is -1.63. The molecule has 0 spiro atoms. The average molecular weight is 132 g/mol. The molecular formula is C10H12. The fraction of sp³-hybridized carbons (Fsp3) is 0.400. The summed E-state index contributed by atoms with van der Waals surface area (Å²) < 4.78 is 0. The van der Waals surface area contributed by atoms with E-state index in [4.69, 9.17) is 0 Å². The van der Waals surface area contributed by atoms with Crippen molar-refractivity contribution in [3.05, 3.63) is 13.8 Å². The maximum Gasteiger partial charge on any atom is 0.0702 e. The van der Waals surface area contributed by atoms with E-state index in [1.165, 1.54) is 0 Å². The van der Waals surface area contributed by atoms with Crippen molar-refractivity contribution in [3.63, 3.8) is 0 Å². The first kappa shape index (κ1) is 9.12. The van der Waals surface area contributed by atoms with Gasteiger partial charge in [0.25, 0.3) is 0 Å². The Morgan fingerprint density at radius 1 is 0.900 bits per heavy atom. The summed E-state index contributed by atoms with van der Waals surface area (Å²) in [6.45, 7) is 7.26. The molecule has 0 heteroatoms. The summed E-state index contributed by atoms with van der Waals surface area (Å²) >= 11 is 0. The number of rotatable bonds is 1. The predicted molar refractivity (Wildman–Crippen MR) is 44.7 cm³/mol. The second-order valence-corrected chi connectivity index (χ2v) is 1.74. The van der Waals surface area contributed by atoms with Crippen LogP contribution < -0.4 is 0 Å². The van der Waals surface area contributed by atoms with E-state index < -0.39 is 0 Å². The molecule has 0 unspecified atom stereocenters. The first-order valence-electron chi connectivity index (χ1n) is 3.41. The van der Waals surface area contributed by atoms with Crippen LogP contribution in [-0.2, 0) is 0 Å². The van der Waals surface area contributed by atoms with Gasteiger partial charge in [-0.3, -0.25) is 0 Å². The second kappa shape index (κ2) is 8.12. The van der Waals surface area contributed by atoms with Gasteiger partial charge in [0.2, 0.25) is 0 Å². The lowest BCUT2D eigenvalue weighted by molar-refractivity contribution is 1.08. The van der Waals surface area contributed by atoms with E-state index in [0.717, 1.165) is 12.8 Å². The Morgan fingerprint density at radius 3 is 2.20 bits per heavy atom. The first-order chi connectivity index (χ1) is 4.91. The van der Waals surface area contributed by atoms with Gasteiger partial charge in [-0.1, -0.05) is 18.8 Å². The third-order valence-electron chi connectivity index (χ3n) is 0.854. The van der Waals surface area contributed by atoms with Crippen LogP contribution in [0, 0.1) is 37.5 Å². The SMILES string of the molecule is [CH2]CC#CCC#CCC[CH2]. The number of unbranched alkanes of at least 4 members (excludes halogenated alkanes) is 1. The summed E-state index contributed by atoms with van der Waals surface area (Å²) in [4.78, 5) is 0. The fourth-order valence-electron chi connectivity index (χ4n) is 0.434. The molecule has 0 aromatic heterocycles. The van der Waals surface area contributed by atoms with E-state index in [-0.39, 0.29) is 0 Å². The molecule has 0 rings (SSSR count). The molecular weight excluding hydrogens is 120 g/mol. The molecule has 0 heterocycles.